The number of hydrogen-bond donors (Lipinski definition) is 1. The molecule has 0 spiro atoms. The first-order chi connectivity index (χ1) is 8.16. The molecule has 0 aromatic heterocycles. The van der Waals surface area contributed by atoms with Crippen molar-refractivity contribution < 1.29 is 9.84 Å². The van der Waals surface area contributed by atoms with Gasteiger partial charge in [0.1, 0.15) is 0 Å². The Morgan fingerprint density at radius 2 is 1.53 bits per heavy atom. The lowest BCUT2D eigenvalue weighted by Crippen LogP contribution is -2.09. The molecule has 0 fully saturated rings. The van der Waals surface area contributed by atoms with Crippen LogP contribution in [0, 0.1) is 0 Å². The molecule has 1 N–H and O–H groups in total. The summed E-state index contributed by atoms with van der Waals surface area (Å²) in [5.74, 6) is 0. The number of unbranched alkanes of at least 4 members (excludes halogenated alkanes) is 5. The van der Waals surface area contributed by atoms with Crippen LogP contribution in [0.5, 0.6) is 0 Å². The molecule has 0 rings (SSSR count). The number of aliphatic hydroxyl groups excluding tert-OH is 1. The minimum Gasteiger partial charge on any atom is -0.393 e. The van der Waals surface area contributed by atoms with E-state index in [1.807, 2.05) is 6.92 Å². The van der Waals surface area contributed by atoms with Gasteiger partial charge in [-0.15, -0.1) is 0 Å². The van der Waals surface area contributed by atoms with E-state index in [0.717, 1.165) is 25.9 Å². The summed E-state index contributed by atoms with van der Waals surface area (Å²) in [6.45, 7) is 7.19. The smallest absolute Gasteiger partial charge is 0.0547 e. The highest BCUT2D eigenvalue weighted by atomic mass is 16.5. The second kappa shape index (κ2) is 12.4. The molecule has 0 heterocycles. The van der Waals surface area contributed by atoms with E-state index in [4.69, 9.17) is 9.84 Å². The third kappa shape index (κ3) is 13.9. The Balaban J connectivity index is 3.11. The van der Waals surface area contributed by atoms with E-state index in [9.17, 15) is 0 Å². The standard InChI is InChI=1S/C15H32O2/c1-4-5-8-12-15(3)17-13-10-7-6-9-11-14(2)16/h14-16H,4-13H2,1-3H3. The van der Waals surface area contributed by atoms with Gasteiger partial charge in [0.05, 0.1) is 12.2 Å². The fraction of sp³-hybridized carbons (Fsp3) is 1.00. The number of hydrogen-bond acceptors (Lipinski definition) is 2. The first-order valence-electron chi connectivity index (χ1n) is 7.46. The summed E-state index contributed by atoms with van der Waals surface area (Å²) >= 11 is 0. The third-order valence-corrected chi connectivity index (χ3v) is 3.13. The summed E-state index contributed by atoms with van der Waals surface area (Å²) in [7, 11) is 0. The van der Waals surface area contributed by atoms with E-state index < -0.39 is 0 Å². The zero-order valence-corrected chi connectivity index (χ0v) is 12.1. The lowest BCUT2D eigenvalue weighted by atomic mass is 10.1. The average molecular weight is 244 g/mol. The minimum atomic E-state index is -0.134. The molecule has 2 unspecified atom stereocenters. The fourth-order valence-electron chi connectivity index (χ4n) is 1.95. The lowest BCUT2D eigenvalue weighted by Gasteiger charge is -2.12. The lowest BCUT2D eigenvalue weighted by molar-refractivity contribution is 0.0557. The van der Waals surface area contributed by atoms with Gasteiger partial charge in [-0.25, -0.2) is 0 Å². The predicted molar refractivity (Wildman–Crippen MR) is 74.3 cm³/mol. The molecule has 0 saturated carbocycles. The van der Waals surface area contributed by atoms with Gasteiger partial charge >= 0.3 is 0 Å². The van der Waals surface area contributed by atoms with Crippen LogP contribution in [0.1, 0.15) is 78.6 Å². The number of aliphatic hydroxyl groups is 1. The highest BCUT2D eigenvalue weighted by Crippen LogP contribution is 2.09. The summed E-state index contributed by atoms with van der Waals surface area (Å²) in [4.78, 5) is 0. The van der Waals surface area contributed by atoms with Crippen LogP contribution >= 0.6 is 0 Å². The Kier molecular flexibility index (Phi) is 12.3. The normalized spacial score (nSPS) is 14.8. The Morgan fingerprint density at radius 1 is 0.882 bits per heavy atom. The molecule has 0 aliphatic heterocycles. The van der Waals surface area contributed by atoms with Gasteiger partial charge < -0.3 is 9.84 Å². The molecular formula is C15H32O2. The van der Waals surface area contributed by atoms with E-state index in [0.29, 0.717) is 6.10 Å². The summed E-state index contributed by atoms with van der Waals surface area (Å²) in [6, 6.07) is 0. The van der Waals surface area contributed by atoms with Gasteiger partial charge in [-0.2, -0.15) is 0 Å². The van der Waals surface area contributed by atoms with Crippen molar-refractivity contribution in [2.45, 2.75) is 90.8 Å². The maximum atomic E-state index is 9.11. The van der Waals surface area contributed by atoms with E-state index in [2.05, 4.69) is 13.8 Å². The third-order valence-electron chi connectivity index (χ3n) is 3.13. The van der Waals surface area contributed by atoms with Gasteiger partial charge in [0.2, 0.25) is 0 Å². The molecule has 2 nitrogen and oxygen atoms in total. The number of rotatable bonds is 12. The van der Waals surface area contributed by atoms with Gasteiger partial charge in [0.15, 0.2) is 0 Å². The Bertz CT molecular complexity index is 146. The Morgan fingerprint density at radius 3 is 2.18 bits per heavy atom. The van der Waals surface area contributed by atoms with Crippen LogP contribution in [0.25, 0.3) is 0 Å². The molecule has 2 heteroatoms. The maximum Gasteiger partial charge on any atom is 0.0547 e. The van der Waals surface area contributed by atoms with Crippen molar-refractivity contribution in [2.24, 2.45) is 0 Å². The zero-order valence-electron chi connectivity index (χ0n) is 12.1. The minimum absolute atomic E-state index is 0.134. The SMILES string of the molecule is CCCCCC(C)OCCCCCCC(C)O. The largest absolute Gasteiger partial charge is 0.393 e. The topological polar surface area (TPSA) is 29.5 Å². The monoisotopic (exact) mass is 244 g/mol. The van der Waals surface area contributed by atoms with Crippen LogP contribution < -0.4 is 0 Å². The van der Waals surface area contributed by atoms with Gasteiger partial charge in [0.25, 0.3) is 0 Å². The molecule has 0 amide bonds. The second-order valence-electron chi connectivity index (χ2n) is 5.23. The molecule has 0 radical (unpaired) electrons. The van der Waals surface area contributed by atoms with Crippen molar-refractivity contribution in [1.82, 2.24) is 0 Å². The van der Waals surface area contributed by atoms with Gasteiger partial charge in [-0.1, -0.05) is 45.4 Å². The molecule has 0 aliphatic carbocycles. The van der Waals surface area contributed by atoms with Crippen molar-refractivity contribution in [3.63, 3.8) is 0 Å². The number of ether oxygens (including phenoxy) is 1. The Hall–Kier alpha value is -0.0800. The second-order valence-corrected chi connectivity index (χ2v) is 5.23. The molecule has 0 bridgehead atoms. The van der Waals surface area contributed by atoms with Crippen molar-refractivity contribution in [3.8, 4) is 0 Å². The first kappa shape index (κ1) is 16.9. The molecule has 0 aromatic carbocycles. The van der Waals surface area contributed by atoms with Crippen molar-refractivity contribution >= 4 is 0 Å². The fourth-order valence-corrected chi connectivity index (χ4v) is 1.95. The molecule has 104 valence electrons. The average Bonchev–Trinajstić information content (AvgIpc) is 2.28. The summed E-state index contributed by atoms with van der Waals surface area (Å²) < 4.78 is 5.77. The first-order valence-corrected chi connectivity index (χ1v) is 7.46. The van der Waals surface area contributed by atoms with Crippen LogP contribution in [-0.2, 0) is 4.74 Å². The van der Waals surface area contributed by atoms with Crippen molar-refractivity contribution in [2.75, 3.05) is 6.61 Å². The Labute approximate surface area is 108 Å². The van der Waals surface area contributed by atoms with E-state index >= 15 is 0 Å². The molecule has 0 saturated heterocycles. The van der Waals surface area contributed by atoms with Crippen LogP contribution in [0.3, 0.4) is 0 Å². The molecular weight excluding hydrogens is 212 g/mol. The molecule has 17 heavy (non-hydrogen) atoms. The quantitative estimate of drug-likeness (QED) is 0.519. The highest BCUT2D eigenvalue weighted by molar-refractivity contribution is 4.52. The molecule has 0 aliphatic rings. The zero-order chi connectivity index (χ0) is 12.9. The van der Waals surface area contributed by atoms with Crippen LogP contribution in [0.2, 0.25) is 0 Å². The van der Waals surface area contributed by atoms with E-state index in [1.165, 1.54) is 38.5 Å². The van der Waals surface area contributed by atoms with E-state index in [1.54, 1.807) is 0 Å². The summed E-state index contributed by atoms with van der Waals surface area (Å²) in [5.41, 5.74) is 0. The van der Waals surface area contributed by atoms with Crippen LogP contribution in [-0.4, -0.2) is 23.9 Å². The molecule has 0 aromatic rings. The van der Waals surface area contributed by atoms with Gasteiger partial charge in [-0.05, 0) is 33.1 Å². The van der Waals surface area contributed by atoms with Crippen molar-refractivity contribution in [3.05, 3.63) is 0 Å². The summed E-state index contributed by atoms with van der Waals surface area (Å²) in [6.07, 6.45) is 11.1. The van der Waals surface area contributed by atoms with Crippen LogP contribution in [0.15, 0.2) is 0 Å². The van der Waals surface area contributed by atoms with Crippen LogP contribution in [0.4, 0.5) is 0 Å². The predicted octanol–water partition coefficient (Wildman–Crippen LogP) is 4.30. The van der Waals surface area contributed by atoms with Crippen molar-refractivity contribution in [1.29, 1.82) is 0 Å². The van der Waals surface area contributed by atoms with Gasteiger partial charge in [-0.3, -0.25) is 0 Å². The van der Waals surface area contributed by atoms with E-state index in [-0.39, 0.29) is 6.10 Å². The summed E-state index contributed by atoms with van der Waals surface area (Å²) in [5, 5.41) is 9.11. The maximum absolute atomic E-state index is 9.11. The molecule has 2 atom stereocenters. The highest BCUT2D eigenvalue weighted by Gasteiger charge is 2.01. The van der Waals surface area contributed by atoms with Gasteiger partial charge in [0, 0.05) is 6.61 Å².